The third kappa shape index (κ3) is 4.22. The molecule has 0 radical (unpaired) electrons. The molecule has 100 valence electrons. The minimum Gasteiger partial charge on any atom is -0.113 e. The zero-order valence-electron chi connectivity index (χ0n) is 11.2. The Labute approximate surface area is 134 Å². The van der Waals surface area contributed by atoms with Gasteiger partial charge >= 0.3 is 0 Å². The molecule has 0 nitrogen and oxygen atoms in total. The third-order valence-corrected chi connectivity index (χ3v) is 4.30. The first-order valence-electron chi connectivity index (χ1n) is 6.54. The second kappa shape index (κ2) is 6.76. The molecule has 2 rings (SSSR count). The van der Waals surface area contributed by atoms with E-state index in [4.69, 9.17) is 11.6 Å². The van der Waals surface area contributed by atoms with Crippen molar-refractivity contribution in [2.75, 3.05) is 0 Å². The van der Waals surface area contributed by atoms with E-state index in [0.29, 0.717) is 5.92 Å². The van der Waals surface area contributed by atoms with Crippen LogP contribution in [0.2, 0.25) is 0 Å². The number of benzene rings is 2. The van der Waals surface area contributed by atoms with Crippen LogP contribution in [-0.4, -0.2) is 0 Å². The summed E-state index contributed by atoms with van der Waals surface area (Å²) in [6.45, 7) is 4.48. The van der Waals surface area contributed by atoms with Crippen LogP contribution in [0.25, 0.3) is 0 Å². The first-order chi connectivity index (χ1) is 9.06. The van der Waals surface area contributed by atoms with Gasteiger partial charge in [-0.2, -0.15) is 0 Å². The molecule has 0 saturated carbocycles. The molecule has 0 aliphatic carbocycles. The van der Waals surface area contributed by atoms with E-state index < -0.39 is 0 Å². The van der Waals surface area contributed by atoms with Crippen LogP contribution >= 0.6 is 34.2 Å². The molecular weight excluding hydrogens is 367 g/mol. The summed E-state index contributed by atoms with van der Waals surface area (Å²) in [5.41, 5.74) is 3.69. The lowest BCUT2D eigenvalue weighted by molar-refractivity contribution is 0.647. The first kappa shape index (κ1) is 14.9. The van der Waals surface area contributed by atoms with E-state index in [1.165, 1.54) is 9.13 Å². The van der Waals surface area contributed by atoms with Crippen LogP contribution in [0.5, 0.6) is 0 Å². The number of hydrogen-bond acceptors (Lipinski definition) is 0. The van der Waals surface area contributed by atoms with E-state index in [2.05, 4.69) is 85.0 Å². The number of rotatable bonds is 4. The van der Waals surface area contributed by atoms with Crippen LogP contribution < -0.4 is 0 Å². The summed E-state index contributed by atoms with van der Waals surface area (Å²) in [6.07, 6.45) is 1.12. The Balaban J connectivity index is 2.15. The zero-order valence-corrected chi connectivity index (χ0v) is 14.1. The average Bonchev–Trinajstić information content (AvgIpc) is 2.39. The molecule has 0 spiro atoms. The molecule has 0 bridgehead atoms. The molecule has 2 aromatic carbocycles. The summed E-state index contributed by atoms with van der Waals surface area (Å²) in [5.74, 6) is 0.689. The highest BCUT2D eigenvalue weighted by Gasteiger charge is 2.10. The fourth-order valence-corrected chi connectivity index (χ4v) is 2.77. The van der Waals surface area contributed by atoms with E-state index in [-0.39, 0.29) is 5.38 Å². The van der Waals surface area contributed by atoms with Gasteiger partial charge in [-0.3, -0.25) is 0 Å². The molecule has 0 saturated heterocycles. The van der Waals surface area contributed by atoms with E-state index in [1.807, 2.05) is 0 Å². The van der Waals surface area contributed by atoms with Crippen LogP contribution in [0, 0.1) is 9.49 Å². The molecule has 19 heavy (non-hydrogen) atoms. The predicted molar refractivity (Wildman–Crippen MR) is 91.8 cm³/mol. The van der Waals surface area contributed by atoms with Crippen LogP contribution in [0.1, 0.15) is 35.9 Å². The maximum atomic E-state index is 6.54. The van der Waals surface area contributed by atoms with E-state index >= 15 is 0 Å². The highest BCUT2D eigenvalue weighted by Crippen LogP contribution is 2.29. The summed E-state index contributed by atoms with van der Waals surface area (Å²) in [5, 5.41) is -0.0647. The molecule has 0 fully saturated rings. The Kier molecular flexibility index (Phi) is 5.28. The van der Waals surface area contributed by atoms with Crippen LogP contribution in [-0.2, 0) is 6.42 Å². The van der Waals surface area contributed by atoms with Crippen molar-refractivity contribution in [3.05, 3.63) is 68.8 Å². The Morgan fingerprint density at radius 2 is 1.37 bits per heavy atom. The van der Waals surface area contributed by atoms with E-state index in [9.17, 15) is 0 Å². The summed E-state index contributed by atoms with van der Waals surface area (Å²) >= 11 is 8.85. The van der Waals surface area contributed by atoms with Gasteiger partial charge in [0, 0.05) is 3.57 Å². The van der Waals surface area contributed by atoms with Crippen LogP contribution in [0.15, 0.2) is 48.5 Å². The molecule has 2 aromatic rings. The molecule has 0 aromatic heterocycles. The van der Waals surface area contributed by atoms with Crippen molar-refractivity contribution in [3.63, 3.8) is 0 Å². The number of hydrogen-bond donors (Lipinski definition) is 0. The van der Waals surface area contributed by atoms with Gasteiger partial charge in [0.25, 0.3) is 0 Å². The van der Waals surface area contributed by atoms with Gasteiger partial charge in [0.15, 0.2) is 0 Å². The summed E-state index contributed by atoms with van der Waals surface area (Å²) in [7, 11) is 0. The van der Waals surface area contributed by atoms with Gasteiger partial charge in [0.05, 0.1) is 5.38 Å². The summed E-state index contributed by atoms with van der Waals surface area (Å²) in [4.78, 5) is 0. The highest BCUT2D eigenvalue weighted by molar-refractivity contribution is 14.1. The molecule has 0 aliphatic rings. The Bertz CT molecular complexity index is 514. The second-order valence-corrected chi connectivity index (χ2v) is 6.94. The fourth-order valence-electron chi connectivity index (χ4n) is 2.12. The smallest absolute Gasteiger partial charge is 0.0835 e. The van der Waals surface area contributed by atoms with Crippen LogP contribution in [0.4, 0.5) is 0 Å². The van der Waals surface area contributed by atoms with Crippen LogP contribution in [0.3, 0.4) is 0 Å². The molecule has 0 amide bonds. The van der Waals surface area contributed by atoms with Gasteiger partial charge in [-0.25, -0.2) is 0 Å². The van der Waals surface area contributed by atoms with Crippen molar-refractivity contribution in [1.82, 2.24) is 0 Å². The molecule has 0 aliphatic heterocycles. The number of halogens is 2. The van der Waals surface area contributed by atoms with Crippen molar-refractivity contribution in [2.45, 2.75) is 25.6 Å². The third-order valence-electron chi connectivity index (χ3n) is 3.08. The predicted octanol–water partition coefficient (Wildman–Crippen LogP) is 5.82. The average molecular weight is 385 g/mol. The fraction of sp³-hybridized carbons (Fsp3) is 0.294. The maximum Gasteiger partial charge on any atom is 0.0835 e. The molecule has 1 unspecified atom stereocenters. The van der Waals surface area contributed by atoms with E-state index in [1.54, 1.807) is 0 Å². The Morgan fingerprint density at radius 1 is 0.895 bits per heavy atom. The number of alkyl halides is 1. The lowest BCUT2D eigenvalue weighted by atomic mass is 9.99. The van der Waals surface area contributed by atoms with Crippen molar-refractivity contribution in [3.8, 4) is 0 Å². The quantitative estimate of drug-likeness (QED) is 0.460. The highest BCUT2D eigenvalue weighted by atomic mass is 127. The normalized spacial score (nSPS) is 12.7. The Morgan fingerprint density at radius 3 is 1.84 bits per heavy atom. The van der Waals surface area contributed by atoms with Gasteiger partial charge in [-0.1, -0.05) is 50.2 Å². The van der Waals surface area contributed by atoms with Crippen molar-refractivity contribution >= 4 is 34.2 Å². The van der Waals surface area contributed by atoms with Gasteiger partial charge < -0.3 is 0 Å². The molecular formula is C17H18ClI. The maximum absolute atomic E-state index is 6.54. The van der Waals surface area contributed by atoms with Gasteiger partial charge in [-0.05, 0) is 63.8 Å². The van der Waals surface area contributed by atoms with Gasteiger partial charge in [-0.15, -0.1) is 11.6 Å². The van der Waals surface area contributed by atoms with Crippen molar-refractivity contribution in [2.24, 2.45) is 5.92 Å². The zero-order chi connectivity index (χ0) is 13.8. The minimum atomic E-state index is -0.0647. The standard InChI is InChI=1S/C17H18ClI/c1-12(2)11-13-3-5-14(6-4-13)17(18)15-7-9-16(19)10-8-15/h3-10,12,17H,11H2,1-2H3. The summed E-state index contributed by atoms with van der Waals surface area (Å²) in [6, 6.07) is 17.1. The lowest BCUT2D eigenvalue weighted by Gasteiger charge is -2.12. The lowest BCUT2D eigenvalue weighted by Crippen LogP contribution is -1.96. The largest absolute Gasteiger partial charge is 0.113 e. The van der Waals surface area contributed by atoms with E-state index in [0.717, 1.165) is 17.5 Å². The summed E-state index contributed by atoms with van der Waals surface area (Å²) < 4.78 is 1.23. The van der Waals surface area contributed by atoms with Crippen molar-refractivity contribution in [1.29, 1.82) is 0 Å². The Hall–Kier alpha value is -0.540. The molecule has 0 heterocycles. The van der Waals surface area contributed by atoms with Crippen molar-refractivity contribution < 1.29 is 0 Å². The molecule has 2 heteroatoms. The molecule has 0 N–H and O–H groups in total. The van der Waals surface area contributed by atoms with Gasteiger partial charge in [0.2, 0.25) is 0 Å². The minimum absolute atomic E-state index is 0.0647. The molecule has 1 atom stereocenters. The topological polar surface area (TPSA) is 0 Å². The first-order valence-corrected chi connectivity index (χ1v) is 8.06. The monoisotopic (exact) mass is 384 g/mol. The SMILES string of the molecule is CC(C)Cc1ccc(C(Cl)c2ccc(I)cc2)cc1. The van der Waals surface area contributed by atoms with Gasteiger partial charge in [0.1, 0.15) is 0 Å². The second-order valence-electron chi connectivity index (χ2n) is 5.25.